The number of likely N-dealkylation sites (tertiary alicyclic amines) is 1. The number of nitrogens with two attached hydrogens (primary N) is 1. The molecule has 0 unspecified atom stereocenters. The summed E-state index contributed by atoms with van der Waals surface area (Å²) in [7, 11) is 0. The maximum absolute atomic E-state index is 12.1. The summed E-state index contributed by atoms with van der Waals surface area (Å²) in [6, 6.07) is 6.23. The third kappa shape index (κ3) is 2.53. The number of hydrogen-bond acceptors (Lipinski definition) is 2. The van der Waals surface area contributed by atoms with Gasteiger partial charge in [-0.2, -0.15) is 0 Å². The van der Waals surface area contributed by atoms with E-state index in [2.05, 4.69) is 17.0 Å². The lowest BCUT2D eigenvalue weighted by molar-refractivity contribution is 0.0930. The van der Waals surface area contributed by atoms with Crippen LogP contribution in [0.5, 0.6) is 0 Å². The number of rotatable bonds is 4. The number of aryl methyl sites for hydroxylation is 1. The van der Waals surface area contributed by atoms with Gasteiger partial charge in [-0.1, -0.05) is 12.1 Å². The Morgan fingerprint density at radius 1 is 1.44 bits per heavy atom. The Hall–Kier alpha value is -1.09. The van der Waals surface area contributed by atoms with Gasteiger partial charge in [-0.3, -0.25) is 0 Å². The molecule has 0 atom stereocenters. The topological polar surface area (TPSA) is 29.3 Å². The van der Waals surface area contributed by atoms with E-state index in [-0.39, 0.29) is 6.67 Å². The number of alkyl halides is 1. The number of hydrogen-bond donors (Lipinski definition) is 1. The van der Waals surface area contributed by atoms with Crippen molar-refractivity contribution in [2.45, 2.75) is 13.3 Å². The van der Waals surface area contributed by atoms with Crippen molar-refractivity contribution >= 4 is 5.69 Å². The van der Waals surface area contributed by atoms with E-state index in [9.17, 15) is 4.39 Å². The second-order valence-electron chi connectivity index (χ2n) is 4.71. The normalized spacial score (nSPS) is 17.4. The average molecular weight is 222 g/mol. The zero-order chi connectivity index (χ0) is 11.5. The summed E-state index contributed by atoms with van der Waals surface area (Å²) in [4.78, 5) is 2.16. The van der Waals surface area contributed by atoms with E-state index >= 15 is 0 Å². The highest BCUT2D eigenvalue weighted by Gasteiger charge is 2.25. The second-order valence-corrected chi connectivity index (χ2v) is 4.71. The maximum Gasteiger partial charge on any atom is 0.102 e. The molecule has 1 aliphatic rings. The van der Waals surface area contributed by atoms with Gasteiger partial charge in [0, 0.05) is 25.3 Å². The molecule has 2 N–H and O–H groups in total. The minimum Gasteiger partial charge on any atom is -0.399 e. The van der Waals surface area contributed by atoms with Gasteiger partial charge in [0.25, 0.3) is 0 Å². The molecule has 2 nitrogen and oxygen atoms in total. The van der Waals surface area contributed by atoms with Gasteiger partial charge in [0.05, 0.1) is 0 Å². The summed E-state index contributed by atoms with van der Waals surface area (Å²) in [5.41, 5.74) is 9.13. The van der Waals surface area contributed by atoms with Gasteiger partial charge in [0.15, 0.2) is 0 Å². The van der Waals surface area contributed by atoms with E-state index in [0.717, 1.165) is 30.8 Å². The molecular formula is C13H19FN2. The predicted molar refractivity (Wildman–Crippen MR) is 65.2 cm³/mol. The number of halogens is 1. The van der Waals surface area contributed by atoms with Crippen molar-refractivity contribution in [3.8, 4) is 0 Å². The van der Waals surface area contributed by atoms with Crippen molar-refractivity contribution in [1.29, 1.82) is 0 Å². The van der Waals surface area contributed by atoms with E-state index in [0.29, 0.717) is 12.5 Å². The smallest absolute Gasteiger partial charge is 0.102 e. The molecular weight excluding hydrogens is 203 g/mol. The molecule has 2 rings (SSSR count). The molecule has 88 valence electrons. The Balaban J connectivity index is 1.84. The Labute approximate surface area is 96.2 Å². The molecule has 1 aromatic rings. The van der Waals surface area contributed by atoms with Crippen LogP contribution in [0.4, 0.5) is 10.1 Å². The summed E-state index contributed by atoms with van der Waals surface area (Å²) < 4.78 is 12.1. The Kier molecular flexibility index (Phi) is 3.44. The van der Waals surface area contributed by atoms with Crippen molar-refractivity contribution in [2.24, 2.45) is 5.92 Å². The first-order chi connectivity index (χ1) is 7.69. The van der Waals surface area contributed by atoms with Gasteiger partial charge in [0.1, 0.15) is 6.67 Å². The summed E-state index contributed by atoms with van der Waals surface area (Å²) in [5, 5.41) is 0. The summed E-state index contributed by atoms with van der Waals surface area (Å²) in [5.74, 6) is 0.689. The number of nitrogens with zero attached hydrogens (tertiary/aromatic N) is 1. The summed E-state index contributed by atoms with van der Waals surface area (Å²) in [6.45, 7) is 4.47. The van der Waals surface area contributed by atoms with Crippen LogP contribution in [0.2, 0.25) is 0 Å². The first-order valence-corrected chi connectivity index (χ1v) is 5.82. The molecule has 0 bridgehead atoms. The predicted octanol–water partition coefficient (Wildman–Crippen LogP) is 2.02. The third-order valence-electron chi connectivity index (χ3n) is 3.29. The second kappa shape index (κ2) is 4.83. The van der Waals surface area contributed by atoms with Crippen LogP contribution in [0.1, 0.15) is 11.1 Å². The van der Waals surface area contributed by atoms with Crippen LogP contribution in [-0.4, -0.2) is 31.2 Å². The first-order valence-electron chi connectivity index (χ1n) is 5.82. The zero-order valence-electron chi connectivity index (χ0n) is 9.75. The molecule has 1 saturated heterocycles. The first kappa shape index (κ1) is 11.4. The largest absolute Gasteiger partial charge is 0.399 e. The molecule has 16 heavy (non-hydrogen) atoms. The van der Waals surface area contributed by atoms with Crippen molar-refractivity contribution in [1.82, 2.24) is 4.90 Å². The van der Waals surface area contributed by atoms with Gasteiger partial charge in [-0.05, 0) is 36.5 Å². The van der Waals surface area contributed by atoms with Crippen LogP contribution in [-0.2, 0) is 6.42 Å². The fourth-order valence-electron chi connectivity index (χ4n) is 2.31. The molecule has 1 aromatic carbocycles. The highest BCUT2D eigenvalue weighted by Crippen LogP contribution is 2.22. The molecule has 1 aliphatic heterocycles. The van der Waals surface area contributed by atoms with Gasteiger partial charge >= 0.3 is 0 Å². The van der Waals surface area contributed by atoms with Crippen LogP contribution in [0, 0.1) is 12.8 Å². The lowest BCUT2D eigenvalue weighted by atomic mass is 9.91. The van der Waals surface area contributed by atoms with Crippen LogP contribution >= 0.6 is 0 Å². The van der Waals surface area contributed by atoms with E-state index in [1.165, 1.54) is 5.56 Å². The van der Waals surface area contributed by atoms with Crippen molar-refractivity contribution in [2.75, 3.05) is 32.0 Å². The molecule has 0 saturated carbocycles. The van der Waals surface area contributed by atoms with Gasteiger partial charge in [-0.15, -0.1) is 0 Å². The van der Waals surface area contributed by atoms with Crippen LogP contribution < -0.4 is 5.73 Å². The van der Waals surface area contributed by atoms with Crippen molar-refractivity contribution < 1.29 is 4.39 Å². The Morgan fingerprint density at radius 3 is 2.81 bits per heavy atom. The van der Waals surface area contributed by atoms with Crippen molar-refractivity contribution in [3.05, 3.63) is 29.3 Å². The Morgan fingerprint density at radius 2 is 2.19 bits per heavy atom. The van der Waals surface area contributed by atoms with Crippen LogP contribution in [0.3, 0.4) is 0 Å². The van der Waals surface area contributed by atoms with Gasteiger partial charge < -0.3 is 10.6 Å². The Bertz CT molecular complexity index is 359. The van der Waals surface area contributed by atoms with Gasteiger partial charge in [0.2, 0.25) is 0 Å². The standard InChI is InChI=1S/C13H19FN2/c1-10-6-11(2-3-13(10)15)7-12-8-16(9-12)5-4-14/h2-3,6,12H,4-5,7-9,15H2,1H3. The number of benzene rings is 1. The SMILES string of the molecule is Cc1cc(CC2CN(CCF)C2)ccc1N. The third-order valence-corrected chi connectivity index (χ3v) is 3.29. The lowest BCUT2D eigenvalue weighted by Crippen LogP contribution is -2.48. The molecule has 0 spiro atoms. The minimum absolute atomic E-state index is 0.228. The van der Waals surface area contributed by atoms with Crippen molar-refractivity contribution in [3.63, 3.8) is 0 Å². The molecule has 0 amide bonds. The van der Waals surface area contributed by atoms with Crippen LogP contribution in [0.15, 0.2) is 18.2 Å². The fraction of sp³-hybridized carbons (Fsp3) is 0.538. The van der Waals surface area contributed by atoms with E-state index < -0.39 is 0 Å². The monoisotopic (exact) mass is 222 g/mol. The summed E-state index contributed by atoms with van der Waals surface area (Å²) in [6.07, 6.45) is 1.09. The zero-order valence-corrected chi connectivity index (χ0v) is 9.75. The molecule has 0 radical (unpaired) electrons. The molecule has 3 heteroatoms. The van der Waals surface area contributed by atoms with E-state index in [1.54, 1.807) is 0 Å². The molecule has 1 heterocycles. The highest BCUT2D eigenvalue weighted by atomic mass is 19.1. The van der Waals surface area contributed by atoms with Crippen LogP contribution in [0.25, 0.3) is 0 Å². The van der Waals surface area contributed by atoms with Gasteiger partial charge in [-0.25, -0.2) is 4.39 Å². The number of anilines is 1. The highest BCUT2D eigenvalue weighted by molar-refractivity contribution is 5.47. The summed E-state index contributed by atoms with van der Waals surface area (Å²) >= 11 is 0. The average Bonchev–Trinajstić information content (AvgIpc) is 2.20. The molecule has 0 aromatic heterocycles. The quantitative estimate of drug-likeness (QED) is 0.790. The lowest BCUT2D eigenvalue weighted by Gasteiger charge is -2.38. The minimum atomic E-state index is -0.228. The fourth-order valence-corrected chi connectivity index (χ4v) is 2.31. The van der Waals surface area contributed by atoms with E-state index in [1.807, 2.05) is 13.0 Å². The maximum atomic E-state index is 12.1. The van der Waals surface area contributed by atoms with E-state index in [4.69, 9.17) is 5.73 Å². The molecule has 1 fully saturated rings. The molecule has 0 aliphatic carbocycles. The number of nitrogen functional groups attached to an aromatic ring is 1.